The van der Waals surface area contributed by atoms with E-state index in [1.807, 2.05) is 0 Å². The zero-order valence-corrected chi connectivity index (χ0v) is 12.8. The molecule has 0 aliphatic heterocycles. The molecule has 0 aliphatic rings. The molecule has 4 nitrogen and oxygen atoms in total. The van der Waals surface area contributed by atoms with E-state index in [-0.39, 0.29) is 5.91 Å². The second kappa shape index (κ2) is 8.72. The van der Waals surface area contributed by atoms with Gasteiger partial charge in [0.25, 0.3) is 0 Å². The third-order valence-electron chi connectivity index (χ3n) is 3.41. The maximum atomic E-state index is 12.1. The largest absolute Gasteiger partial charge is 0.385 e. The second-order valence-electron chi connectivity index (χ2n) is 5.11. The molecule has 0 spiro atoms. The molecule has 20 heavy (non-hydrogen) atoms. The Balaban J connectivity index is 2.47. The fourth-order valence-corrected chi connectivity index (χ4v) is 2.09. The normalized spacial score (nSPS) is 12.2. The maximum absolute atomic E-state index is 12.1. The number of nitrogens with zero attached hydrogens (tertiary/aromatic N) is 1. The molecular formula is C16H26N2O2. The predicted octanol–water partition coefficient (Wildman–Crippen LogP) is 1.96. The fourth-order valence-electron chi connectivity index (χ4n) is 2.09. The van der Waals surface area contributed by atoms with Gasteiger partial charge in [-0.2, -0.15) is 0 Å². The van der Waals surface area contributed by atoms with Crippen LogP contribution < -0.4 is 5.73 Å². The Kier molecular flexibility index (Phi) is 7.26. The Labute approximate surface area is 121 Å². The number of hydrogen-bond acceptors (Lipinski definition) is 3. The lowest BCUT2D eigenvalue weighted by Crippen LogP contribution is -2.41. The first-order valence-corrected chi connectivity index (χ1v) is 7.15. The smallest absolute Gasteiger partial charge is 0.239 e. The summed E-state index contributed by atoms with van der Waals surface area (Å²) in [5, 5.41) is 0. The summed E-state index contributed by atoms with van der Waals surface area (Å²) >= 11 is 0. The number of methoxy groups -OCH3 is 1. The van der Waals surface area contributed by atoms with Crippen molar-refractivity contribution in [2.45, 2.75) is 38.8 Å². The first-order valence-electron chi connectivity index (χ1n) is 7.15. The first-order chi connectivity index (χ1) is 9.58. The summed E-state index contributed by atoms with van der Waals surface area (Å²) in [5.74, 6) is -0.0133. The minimum Gasteiger partial charge on any atom is -0.385 e. The van der Waals surface area contributed by atoms with Crippen LogP contribution in [-0.2, 0) is 22.5 Å². The zero-order chi connectivity index (χ0) is 15.0. The van der Waals surface area contributed by atoms with Gasteiger partial charge in [-0.3, -0.25) is 4.79 Å². The number of nitrogens with two attached hydrogens (primary N) is 1. The molecule has 1 unspecified atom stereocenters. The Morgan fingerprint density at radius 1 is 1.30 bits per heavy atom. The predicted molar refractivity (Wildman–Crippen MR) is 81.4 cm³/mol. The van der Waals surface area contributed by atoms with Gasteiger partial charge >= 0.3 is 0 Å². The Morgan fingerprint density at radius 2 is 1.90 bits per heavy atom. The van der Waals surface area contributed by atoms with E-state index in [4.69, 9.17) is 10.5 Å². The maximum Gasteiger partial charge on any atom is 0.239 e. The number of amides is 1. The Bertz CT molecular complexity index is 403. The van der Waals surface area contributed by atoms with Crippen LogP contribution in [0.3, 0.4) is 0 Å². The van der Waals surface area contributed by atoms with Gasteiger partial charge in [0, 0.05) is 27.3 Å². The van der Waals surface area contributed by atoms with Gasteiger partial charge in [-0.05, 0) is 30.4 Å². The van der Waals surface area contributed by atoms with Gasteiger partial charge in [0.05, 0.1) is 6.04 Å². The highest BCUT2D eigenvalue weighted by Gasteiger charge is 2.17. The van der Waals surface area contributed by atoms with Crippen LogP contribution in [0.5, 0.6) is 0 Å². The molecule has 1 aromatic rings. The SMILES string of the molecule is CCc1ccc(CN(C)C(=O)C(N)CCCOC)cc1. The van der Waals surface area contributed by atoms with Gasteiger partial charge in [-0.25, -0.2) is 0 Å². The molecule has 4 heteroatoms. The Hall–Kier alpha value is -1.39. The molecule has 0 radical (unpaired) electrons. The number of hydrogen-bond donors (Lipinski definition) is 1. The summed E-state index contributed by atoms with van der Waals surface area (Å²) in [7, 11) is 3.45. The average Bonchev–Trinajstić information content (AvgIpc) is 2.47. The van der Waals surface area contributed by atoms with Crippen LogP contribution in [-0.4, -0.2) is 37.6 Å². The van der Waals surface area contributed by atoms with Crippen molar-refractivity contribution in [1.82, 2.24) is 4.90 Å². The van der Waals surface area contributed by atoms with Crippen molar-refractivity contribution >= 4 is 5.91 Å². The van der Waals surface area contributed by atoms with Crippen molar-refractivity contribution in [3.05, 3.63) is 35.4 Å². The van der Waals surface area contributed by atoms with E-state index in [0.29, 0.717) is 19.6 Å². The highest BCUT2D eigenvalue weighted by molar-refractivity contribution is 5.81. The van der Waals surface area contributed by atoms with Gasteiger partial charge in [0.1, 0.15) is 0 Å². The number of benzene rings is 1. The van der Waals surface area contributed by atoms with Crippen LogP contribution in [0.4, 0.5) is 0 Å². The zero-order valence-electron chi connectivity index (χ0n) is 12.8. The number of aryl methyl sites for hydroxylation is 1. The quantitative estimate of drug-likeness (QED) is 0.740. The lowest BCUT2D eigenvalue weighted by molar-refractivity contribution is -0.132. The van der Waals surface area contributed by atoms with Gasteiger partial charge in [-0.1, -0.05) is 31.2 Å². The molecule has 1 atom stereocenters. The third-order valence-corrected chi connectivity index (χ3v) is 3.41. The number of likely N-dealkylation sites (N-methyl/N-ethyl adjacent to an activating group) is 1. The molecule has 112 valence electrons. The molecule has 0 fully saturated rings. The third kappa shape index (κ3) is 5.31. The van der Waals surface area contributed by atoms with E-state index in [0.717, 1.165) is 18.4 Å². The van der Waals surface area contributed by atoms with E-state index in [9.17, 15) is 4.79 Å². The van der Waals surface area contributed by atoms with E-state index in [2.05, 4.69) is 31.2 Å². The molecule has 0 saturated heterocycles. The van der Waals surface area contributed by atoms with Crippen LogP contribution in [0.15, 0.2) is 24.3 Å². The molecule has 0 bridgehead atoms. The molecule has 1 rings (SSSR count). The molecule has 0 aliphatic carbocycles. The number of ether oxygens (including phenoxy) is 1. The van der Waals surface area contributed by atoms with E-state index < -0.39 is 6.04 Å². The van der Waals surface area contributed by atoms with E-state index in [1.165, 1.54) is 5.56 Å². The molecular weight excluding hydrogens is 252 g/mol. The van der Waals surface area contributed by atoms with Crippen LogP contribution in [0.1, 0.15) is 30.9 Å². The van der Waals surface area contributed by atoms with Gasteiger partial charge in [0.2, 0.25) is 5.91 Å². The van der Waals surface area contributed by atoms with Crippen molar-refractivity contribution in [2.24, 2.45) is 5.73 Å². The number of carbonyl (C=O) groups is 1. The van der Waals surface area contributed by atoms with Gasteiger partial charge in [-0.15, -0.1) is 0 Å². The van der Waals surface area contributed by atoms with Gasteiger partial charge in [0.15, 0.2) is 0 Å². The van der Waals surface area contributed by atoms with Crippen molar-refractivity contribution in [1.29, 1.82) is 0 Å². The van der Waals surface area contributed by atoms with E-state index in [1.54, 1.807) is 19.1 Å². The second-order valence-corrected chi connectivity index (χ2v) is 5.11. The summed E-state index contributed by atoms with van der Waals surface area (Å²) in [4.78, 5) is 13.8. The minimum absolute atomic E-state index is 0.0133. The highest BCUT2D eigenvalue weighted by atomic mass is 16.5. The van der Waals surface area contributed by atoms with Crippen LogP contribution in [0.2, 0.25) is 0 Å². The van der Waals surface area contributed by atoms with Gasteiger partial charge < -0.3 is 15.4 Å². The minimum atomic E-state index is -0.440. The van der Waals surface area contributed by atoms with Crippen molar-refractivity contribution in [2.75, 3.05) is 20.8 Å². The first kappa shape index (κ1) is 16.7. The van der Waals surface area contributed by atoms with E-state index >= 15 is 0 Å². The highest BCUT2D eigenvalue weighted by Crippen LogP contribution is 2.09. The number of carbonyl (C=O) groups excluding carboxylic acids is 1. The summed E-state index contributed by atoms with van der Waals surface area (Å²) in [5.41, 5.74) is 8.34. The molecule has 1 amide bonds. The topological polar surface area (TPSA) is 55.6 Å². The molecule has 1 aromatic carbocycles. The summed E-state index contributed by atoms with van der Waals surface area (Å²) in [6.45, 7) is 3.37. The van der Waals surface area contributed by atoms with Crippen molar-refractivity contribution in [3.8, 4) is 0 Å². The van der Waals surface area contributed by atoms with Crippen LogP contribution >= 0.6 is 0 Å². The van der Waals surface area contributed by atoms with Crippen LogP contribution in [0.25, 0.3) is 0 Å². The summed E-state index contributed by atoms with van der Waals surface area (Å²) < 4.78 is 4.97. The monoisotopic (exact) mass is 278 g/mol. The molecule has 0 saturated carbocycles. The lowest BCUT2D eigenvalue weighted by Gasteiger charge is -2.21. The molecule has 0 aromatic heterocycles. The lowest BCUT2D eigenvalue weighted by atomic mass is 10.1. The molecule has 0 heterocycles. The summed E-state index contributed by atoms with van der Waals surface area (Å²) in [6, 6.07) is 7.90. The Morgan fingerprint density at radius 3 is 2.45 bits per heavy atom. The number of rotatable bonds is 8. The average molecular weight is 278 g/mol. The standard InChI is InChI=1S/C16H26N2O2/c1-4-13-7-9-14(10-8-13)12-18(2)16(19)15(17)6-5-11-20-3/h7-10,15H,4-6,11-12,17H2,1-3H3. The molecule has 2 N–H and O–H groups in total. The van der Waals surface area contributed by atoms with Crippen molar-refractivity contribution in [3.63, 3.8) is 0 Å². The fraction of sp³-hybridized carbons (Fsp3) is 0.562. The summed E-state index contributed by atoms with van der Waals surface area (Å²) in [6.07, 6.45) is 2.49. The van der Waals surface area contributed by atoms with Crippen molar-refractivity contribution < 1.29 is 9.53 Å². The van der Waals surface area contributed by atoms with Crippen LogP contribution in [0, 0.1) is 0 Å².